The van der Waals surface area contributed by atoms with Gasteiger partial charge in [0.2, 0.25) is 5.91 Å². The molecule has 0 saturated carbocycles. The van der Waals surface area contributed by atoms with E-state index in [0.717, 1.165) is 5.39 Å². The van der Waals surface area contributed by atoms with Gasteiger partial charge in [-0.25, -0.2) is 0 Å². The number of carbonyl (C=O) groups is 2. The highest BCUT2D eigenvalue weighted by Crippen LogP contribution is 2.24. The maximum Gasteiger partial charge on any atom is 0.256 e. The molecule has 1 saturated heterocycles. The number of hydrogen-bond acceptors (Lipinski definition) is 4. The van der Waals surface area contributed by atoms with Gasteiger partial charge in [0, 0.05) is 44.1 Å². The quantitative estimate of drug-likeness (QED) is 0.878. The van der Waals surface area contributed by atoms with E-state index in [1.807, 2.05) is 24.3 Å². The summed E-state index contributed by atoms with van der Waals surface area (Å²) in [6.45, 7) is 0.611. The van der Waals surface area contributed by atoms with Gasteiger partial charge in [-0.2, -0.15) is 0 Å². The van der Waals surface area contributed by atoms with Gasteiger partial charge in [-0.3, -0.25) is 14.6 Å². The fourth-order valence-corrected chi connectivity index (χ4v) is 3.01. The molecule has 0 spiro atoms. The van der Waals surface area contributed by atoms with Crippen molar-refractivity contribution in [3.63, 3.8) is 0 Å². The van der Waals surface area contributed by atoms with E-state index in [1.165, 1.54) is 0 Å². The Hall–Kier alpha value is -2.47. The molecule has 2 heterocycles. The molecule has 1 fully saturated rings. The summed E-state index contributed by atoms with van der Waals surface area (Å²) in [4.78, 5) is 30.2. The first kappa shape index (κ1) is 15.4. The lowest BCUT2D eigenvalue weighted by atomic mass is 10.0. The molecule has 0 radical (unpaired) electrons. The number of para-hydroxylation sites is 1. The van der Waals surface area contributed by atoms with Crippen LogP contribution in [0.3, 0.4) is 0 Å². The van der Waals surface area contributed by atoms with Gasteiger partial charge in [-0.15, -0.1) is 0 Å². The molecule has 3 rings (SSSR count). The summed E-state index contributed by atoms with van der Waals surface area (Å²) in [6, 6.07) is 9.22. The van der Waals surface area contributed by atoms with Crippen LogP contribution in [0.5, 0.6) is 0 Å². The van der Waals surface area contributed by atoms with Crippen LogP contribution in [0.15, 0.2) is 36.5 Å². The van der Waals surface area contributed by atoms with Crippen LogP contribution in [0.2, 0.25) is 0 Å². The number of carbonyl (C=O) groups excluding carboxylic acids is 2. The van der Waals surface area contributed by atoms with Crippen molar-refractivity contribution in [2.45, 2.75) is 12.5 Å². The molecule has 2 atom stereocenters. The van der Waals surface area contributed by atoms with Gasteiger partial charge < -0.3 is 15.3 Å². The average Bonchev–Trinajstić information content (AvgIpc) is 2.94. The van der Waals surface area contributed by atoms with E-state index in [2.05, 4.69) is 10.3 Å². The minimum atomic E-state index is -0.681. The minimum Gasteiger partial charge on any atom is -0.391 e. The Labute approximate surface area is 134 Å². The third-order valence-electron chi connectivity index (χ3n) is 4.28. The maximum atomic E-state index is 12.8. The second-order valence-corrected chi connectivity index (χ2v) is 5.80. The average molecular weight is 313 g/mol. The number of hydrogen-bond donors (Lipinski definition) is 2. The van der Waals surface area contributed by atoms with Crippen LogP contribution in [0.4, 0.5) is 0 Å². The van der Waals surface area contributed by atoms with Gasteiger partial charge in [0.05, 0.1) is 17.2 Å². The number of aliphatic hydroxyl groups is 1. The lowest BCUT2D eigenvalue weighted by molar-refractivity contribution is -0.122. The van der Waals surface area contributed by atoms with Gasteiger partial charge in [0.25, 0.3) is 5.91 Å². The highest BCUT2D eigenvalue weighted by molar-refractivity contribution is 6.05. The van der Waals surface area contributed by atoms with Gasteiger partial charge in [-0.1, -0.05) is 18.2 Å². The zero-order valence-electron chi connectivity index (χ0n) is 12.9. The van der Waals surface area contributed by atoms with Crippen molar-refractivity contribution < 1.29 is 14.7 Å². The number of β-amino-alcohol motifs (C(OH)–C–C–N with tert-alkyl or cyclic N) is 1. The number of nitrogens with one attached hydrogen (secondary N) is 1. The summed E-state index contributed by atoms with van der Waals surface area (Å²) in [7, 11) is 1.56. The third-order valence-corrected chi connectivity index (χ3v) is 4.28. The van der Waals surface area contributed by atoms with Gasteiger partial charge in [0.15, 0.2) is 0 Å². The number of rotatable bonds is 3. The molecule has 120 valence electrons. The number of aliphatic hydroxyl groups excluding tert-OH is 1. The lowest BCUT2D eigenvalue weighted by Crippen LogP contribution is -2.30. The van der Waals surface area contributed by atoms with Gasteiger partial charge >= 0.3 is 0 Å². The zero-order chi connectivity index (χ0) is 16.4. The standard InChI is InChI=1S/C17H19N3O3/c1-18-15(22)8-12-9-20(10-14(12)21)17(23)13-6-2-4-11-5-3-7-19-16(11)13/h2-7,12,14,21H,8-10H2,1H3,(H,18,22)/t12-,14+/m1/s1. The Kier molecular flexibility index (Phi) is 4.25. The summed E-state index contributed by atoms with van der Waals surface area (Å²) >= 11 is 0. The molecule has 2 aromatic rings. The topological polar surface area (TPSA) is 82.5 Å². The Morgan fingerprint density at radius 3 is 2.87 bits per heavy atom. The molecular weight excluding hydrogens is 294 g/mol. The van der Waals surface area contributed by atoms with Crippen LogP contribution >= 0.6 is 0 Å². The molecule has 1 aliphatic rings. The van der Waals surface area contributed by atoms with E-state index >= 15 is 0 Å². The highest BCUT2D eigenvalue weighted by Gasteiger charge is 2.35. The smallest absolute Gasteiger partial charge is 0.256 e. The van der Waals surface area contributed by atoms with E-state index in [0.29, 0.717) is 17.6 Å². The molecule has 1 aromatic carbocycles. The highest BCUT2D eigenvalue weighted by atomic mass is 16.3. The van der Waals surface area contributed by atoms with Crippen LogP contribution < -0.4 is 5.32 Å². The second kappa shape index (κ2) is 6.34. The van der Waals surface area contributed by atoms with E-state index in [-0.39, 0.29) is 30.7 Å². The largest absolute Gasteiger partial charge is 0.391 e. The van der Waals surface area contributed by atoms with Crippen molar-refractivity contribution in [2.75, 3.05) is 20.1 Å². The molecule has 0 bridgehead atoms. The number of fused-ring (bicyclic) bond motifs is 1. The SMILES string of the molecule is CNC(=O)C[C@@H]1CN(C(=O)c2cccc3cccnc23)C[C@@H]1O. The number of amides is 2. The fourth-order valence-electron chi connectivity index (χ4n) is 3.01. The first-order chi connectivity index (χ1) is 11.1. The van der Waals surface area contributed by atoms with Gasteiger partial charge in [-0.05, 0) is 12.1 Å². The van der Waals surface area contributed by atoms with E-state index < -0.39 is 6.10 Å². The number of likely N-dealkylation sites (tertiary alicyclic amines) is 1. The summed E-state index contributed by atoms with van der Waals surface area (Å²) < 4.78 is 0. The minimum absolute atomic E-state index is 0.129. The third kappa shape index (κ3) is 3.03. The predicted octanol–water partition coefficient (Wildman–Crippen LogP) is 0.804. The summed E-state index contributed by atoms with van der Waals surface area (Å²) in [5, 5.41) is 13.6. The summed E-state index contributed by atoms with van der Waals surface area (Å²) in [5.74, 6) is -0.523. The first-order valence-corrected chi connectivity index (χ1v) is 7.62. The second-order valence-electron chi connectivity index (χ2n) is 5.80. The van der Waals surface area contributed by atoms with Crippen molar-refractivity contribution in [1.29, 1.82) is 0 Å². The predicted molar refractivity (Wildman–Crippen MR) is 85.8 cm³/mol. The van der Waals surface area contributed by atoms with Crippen LogP contribution in [0.1, 0.15) is 16.8 Å². The van der Waals surface area contributed by atoms with E-state index in [9.17, 15) is 14.7 Å². The number of benzene rings is 1. The molecule has 6 heteroatoms. The van der Waals surface area contributed by atoms with E-state index in [4.69, 9.17) is 0 Å². The molecule has 1 aliphatic heterocycles. The Morgan fingerprint density at radius 2 is 2.09 bits per heavy atom. The Bertz CT molecular complexity index is 741. The molecular formula is C17H19N3O3. The number of aromatic nitrogens is 1. The molecule has 0 aliphatic carbocycles. The number of nitrogens with zero attached hydrogens (tertiary/aromatic N) is 2. The summed E-state index contributed by atoms with van der Waals surface area (Å²) in [6.07, 6.45) is 1.20. The molecule has 2 amide bonds. The molecule has 23 heavy (non-hydrogen) atoms. The van der Waals surface area contributed by atoms with Crippen molar-refractivity contribution in [3.8, 4) is 0 Å². The fraction of sp³-hybridized carbons (Fsp3) is 0.353. The van der Waals surface area contributed by atoms with Crippen LogP contribution in [-0.2, 0) is 4.79 Å². The number of pyridine rings is 1. The maximum absolute atomic E-state index is 12.8. The zero-order valence-corrected chi connectivity index (χ0v) is 12.9. The summed E-state index contributed by atoms with van der Waals surface area (Å²) in [5.41, 5.74) is 1.18. The van der Waals surface area contributed by atoms with Gasteiger partial charge in [0.1, 0.15) is 0 Å². The van der Waals surface area contributed by atoms with Crippen molar-refractivity contribution >= 4 is 22.7 Å². The van der Waals surface area contributed by atoms with Crippen LogP contribution in [0, 0.1) is 5.92 Å². The Balaban J connectivity index is 1.82. The molecule has 2 N–H and O–H groups in total. The monoisotopic (exact) mass is 313 g/mol. The van der Waals surface area contributed by atoms with E-state index in [1.54, 1.807) is 24.2 Å². The first-order valence-electron chi connectivity index (χ1n) is 7.62. The normalized spacial score (nSPS) is 20.7. The van der Waals surface area contributed by atoms with Crippen molar-refractivity contribution in [3.05, 3.63) is 42.1 Å². The van der Waals surface area contributed by atoms with Crippen LogP contribution in [-0.4, -0.2) is 53.0 Å². The Morgan fingerprint density at radius 1 is 1.30 bits per heavy atom. The molecule has 1 aromatic heterocycles. The van der Waals surface area contributed by atoms with Crippen molar-refractivity contribution in [2.24, 2.45) is 5.92 Å². The molecule has 6 nitrogen and oxygen atoms in total. The van der Waals surface area contributed by atoms with Crippen LogP contribution in [0.25, 0.3) is 10.9 Å². The molecule has 0 unspecified atom stereocenters. The van der Waals surface area contributed by atoms with Crippen molar-refractivity contribution in [1.82, 2.24) is 15.2 Å². The lowest BCUT2D eigenvalue weighted by Gasteiger charge is -2.17.